The molecule has 2 N–H and O–H groups in total. The monoisotopic (exact) mass is 355 g/mol. The fraction of sp³-hybridized carbons (Fsp3) is 0.263. The summed E-state index contributed by atoms with van der Waals surface area (Å²) in [5, 5.41) is 7.10. The molecule has 1 amide bonds. The minimum atomic E-state index is -0.443. The van der Waals surface area contributed by atoms with Crippen molar-refractivity contribution >= 4 is 17.8 Å². The molecule has 1 aliphatic heterocycles. The third kappa shape index (κ3) is 4.44. The number of hydrazone groups is 1. The van der Waals surface area contributed by atoms with E-state index in [1.54, 1.807) is 19.2 Å². The van der Waals surface area contributed by atoms with Crippen molar-refractivity contribution in [3.8, 4) is 17.2 Å². The fourth-order valence-corrected chi connectivity index (χ4v) is 2.39. The lowest BCUT2D eigenvalue weighted by Crippen LogP contribution is -2.34. The van der Waals surface area contributed by atoms with Crippen molar-refractivity contribution in [2.75, 3.05) is 18.7 Å². The van der Waals surface area contributed by atoms with Gasteiger partial charge in [0.2, 0.25) is 6.79 Å². The first-order valence-electron chi connectivity index (χ1n) is 8.37. The summed E-state index contributed by atoms with van der Waals surface area (Å²) in [6.07, 6.45) is 1.56. The Morgan fingerprint density at radius 3 is 2.77 bits per heavy atom. The van der Waals surface area contributed by atoms with Crippen LogP contribution in [0, 0.1) is 0 Å². The Morgan fingerprint density at radius 2 is 2.00 bits per heavy atom. The number of anilines is 1. The largest absolute Gasteiger partial charge is 0.494 e. The van der Waals surface area contributed by atoms with Crippen LogP contribution in [0.25, 0.3) is 0 Å². The first-order chi connectivity index (χ1) is 12.7. The molecular formula is C19H21N3O4. The number of carbonyl (C=O) groups is 1. The zero-order valence-electron chi connectivity index (χ0n) is 14.7. The second kappa shape index (κ2) is 8.24. The quantitative estimate of drug-likeness (QED) is 0.590. The number of rotatable bonds is 7. The predicted molar refractivity (Wildman–Crippen MR) is 99.0 cm³/mol. The molecule has 1 atom stereocenters. The average molecular weight is 355 g/mol. The maximum absolute atomic E-state index is 12.1. The van der Waals surface area contributed by atoms with Crippen LogP contribution in [0.5, 0.6) is 17.2 Å². The molecule has 0 saturated heterocycles. The highest BCUT2D eigenvalue weighted by atomic mass is 16.7. The molecule has 7 nitrogen and oxygen atoms in total. The van der Waals surface area contributed by atoms with Gasteiger partial charge in [0, 0.05) is 5.69 Å². The molecule has 26 heavy (non-hydrogen) atoms. The molecule has 0 aromatic heterocycles. The van der Waals surface area contributed by atoms with Crippen molar-refractivity contribution in [2.24, 2.45) is 5.10 Å². The smallest absolute Gasteiger partial charge is 0.262 e. The summed E-state index contributed by atoms with van der Waals surface area (Å²) in [7, 11) is 0. The number of amides is 1. The second-order valence-electron chi connectivity index (χ2n) is 5.67. The highest BCUT2D eigenvalue weighted by Gasteiger charge is 2.13. The summed E-state index contributed by atoms with van der Waals surface area (Å²) in [6.45, 7) is 4.54. The molecule has 1 unspecified atom stereocenters. The van der Waals surface area contributed by atoms with Gasteiger partial charge >= 0.3 is 0 Å². The summed E-state index contributed by atoms with van der Waals surface area (Å²) in [6, 6.07) is 12.4. The van der Waals surface area contributed by atoms with Gasteiger partial charge in [-0.3, -0.25) is 4.79 Å². The first kappa shape index (κ1) is 17.6. The summed E-state index contributed by atoms with van der Waals surface area (Å²) in [4.78, 5) is 12.1. The Hall–Kier alpha value is -3.22. The van der Waals surface area contributed by atoms with Crippen LogP contribution in [0.2, 0.25) is 0 Å². The molecule has 1 heterocycles. The lowest BCUT2D eigenvalue weighted by molar-refractivity contribution is -0.121. The molecule has 136 valence electrons. The van der Waals surface area contributed by atoms with Gasteiger partial charge in [0.05, 0.1) is 12.8 Å². The fourth-order valence-electron chi connectivity index (χ4n) is 2.39. The van der Waals surface area contributed by atoms with Crippen LogP contribution >= 0.6 is 0 Å². The standard InChI is InChI=1S/C19H21N3O4/c1-3-24-16-7-5-15(6-8-16)21-13(2)19(23)22-20-11-14-4-9-17-18(10-14)26-12-25-17/h4-11,13,21H,3,12H2,1-2H3,(H,22,23)/b20-11+. The molecule has 1 aliphatic rings. The molecule has 3 rings (SSSR count). The highest BCUT2D eigenvalue weighted by molar-refractivity contribution is 5.86. The van der Waals surface area contributed by atoms with E-state index in [0.29, 0.717) is 18.1 Å². The van der Waals surface area contributed by atoms with E-state index in [2.05, 4.69) is 15.8 Å². The number of hydrogen-bond donors (Lipinski definition) is 2. The van der Waals surface area contributed by atoms with Crippen molar-refractivity contribution in [1.29, 1.82) is 0 Å². The van der Waals surface area contributed by atoms with Crippen LogP contribution in [0.4, 0.5) is 5.69 Å². The number of ether oxygens (including phenoxy) is 3. The van der Waals surface area contributed by atoms with Crippen molar-refractivity contribution in [2.45, 2.75) is 19.9 Å². The average Bonchev–Trinajstić information content (AvgIpc) is 3.11. The zero-order chi connectivity index (χ0) is 18.4. The molecule has 7 heteroatoms. The van der Waals surface area contributed by atoms with Crippen molar-refractivity contribution in [1.82, 2.24) is 5.43 Å². The van der Waals surface area contributed by atoms with Crippen LogP contribution in [-0.2, 0) is 4.79 Å². The molecule has 0 fully saturated rings. The van der Waals surface area contributed by atoms with E-state index in [1.165, 1.54) is 0 Å². The Kier molecular flexibility index (Phi) is 5.58. The van der Waals surface area contributed by atoms with Gasteiger partial charge in [0.25, 0.3) is 5.91 Å². The van der Waals surface area contributed by atoms with Gasteiger partial charge in [-0.25, -0.2) is 5.43 Å². The molecule has 0 bridgehead atoms. The van der Waals surface area contributed by atoms with Crippen LogP contribution < -0.4 is 25.0 Å². The van der Waals surface area contributed by atoms with Crippen LogP contribution in [0.3, 0.4) is 0 Å². The molecule has 0 aliphatic carbocycles. The van der Waals surface area contributed by atoms with E-state index >= 15 is 0 Å². The van der Waals surface area contributed by atoms with Crippen molar-refractivity contribution in [3.05, 3.63) is 48.0 Å². The van der Waals surface area contributed by atoms with Gasteiger partial charge in [-0.05, 0) is 61.9 Å². The summed E-state index contributed by atoms with van der Waals surface area (Å²) in [5.74, 6) is 1.93. The highest BCUT2D eigenvalue weighted by Crippen LogP contribution is 2.31. The van der Waals surface area contributed by atoms with Crippen LogP contribution in [0.1, 0.15) is 19.4 Å². The van der Waals surface area contributed by atoms with Gasteiger partial charge in [-0.1, -0.05) is 0 Å². The molecule has 0 spiro atoms. The number of fused-ring (bicyclic) bond motifs is 1. The van der Waals surface area contributed by atoms with Gasteiger partial charge in [0.15, 0.2) is 11.5 Å². The molecule has 2 aromatic rings. The van der Waals surface area contributed by atoms with E-state index in [-0.39, 0.29) is 12.7 Å². The Bertz CT molecular complexity index is 790. The summed E-state index contributed by atoms with van der Waals surface area (Å²) in [5.41, 5.74) is 4.16. The van der Waals surface area contributed by atoms with E-state index in [1.807, 2.05) is 43.3 Å². The zero-order valence-corrected chi connectivity index (χ0v) is 14.7. The summed E-state index contributed by atoms with van der Waals surface area (Å²) >= 11 is 0. The predicted octanol–water partition coefficient (Wildman–Crippen LogP) is 2.76. The first-order valence-corrected chi connectivity index (χ1v) is 8.37. The molecular weight excluding hydrogens is 334 g/mol. The van der Waals surface area contributed by atoms with Crippen LogP contribution in [0.15, 0.2) is 47.6 Å². The summed E-state index contributed by atoms with van der Waals surface area (Å²) < 4.78 is 16.0. The molecule has 2 aromatic carbocycles. The number of nitrogens with one attached hydrogen (secondary N) is 2. The number of benzene rings is 2. The van der Waals surface area contributed by atoms with Crippen molar-refractivity contribution in [3.63, 3.8) is 0 Å². The number of carbonyl (C=O) groups excluding carboxylic acids is 1. The van der Waals surface area contributed by atoms with Gasteiger partial charge < -0.3 is 19.5 Å². The van der Waals surface area contributed by atoms with E-state index in [4.69, 9.17) is 14.2 Å². The lowest BCUT2D eigenvalue weighted by atomic mass is 10.2. The van der Waals surface area contributed by atoms with Gasteiger partial charge in [-0.15, -0.1) is 0 Å². The third-order valence-corrected chi connectivity index (χ3v) is 3.73. The van der Waals surface area contributed by atoms with E-state index in [9.17, 15) is 4.79 Å². The van der Waals surface area contributed by atoms with Crippen LogP contribution in [-0.4, -0.2) is 31.6 Å². The Morgan fingerprint density at radius 1 is 1.23 bits per heavy atom. The molecule has 0 radical (unpaired) electrons. The minimum absolute atomic E-state index is 0.224. The number of hydrogen-bond acceptors (Lipinski definition) is 6. The minimum Gasteiger partial charge on any atom is -0.494 e. The second-order valence-corrected chi connectivity index (χ2v) is 5.67. The van der Waals surface area contributed by atoms with E-state index < -0.39 is 6.04 Å². The Balaban J connectivity index is 1.50. The lowest BCUT2D eigenvalue weighted by Gasteiger charge is -2.14. The third-order valence-electron chi connectivity index (χ3n) is 3.73. The SMILES string of the molecule is CCOc1ccc(NC(C)C(=O)N/N=C/c2ccc3c(c2)OCO3)cc1. The normalized spacial score (nSPS) is 13.5. The Labute approximate surface area is 152 Å². The molecule has 0 saturated carbocycles. The maximum Gasteiger partial charge on any atom is 0.262 e. The topological polar surface area (TPSA) is 81.2 Å². The van der Waals surface area contributed by atoms with Crippen molar-refractivity contribution < 1.29 is 19.0 Å². The van der Waals surface area contributed by atoms with E-state index in [0.717, 1.165) is 17.0 Å². The van der Waals surface area contributed by atoms with Gasteiger partial charge in [-0.2, -0.15) is 5.10 Å². The number of nitrogens with zero attached hydrogens (tertiary/aromatic N) is 1. The maximum atomic E-state index is 12.1. The van der Waals surface area contributed by atoms with Gasteiger partial charge in [0.1, 0.15) is 11.8 Å².